The van der Waals surface area contributed by atoms with E-state index < -0.39 is 25.5 Å². The van der Waals surface area contributed by atoms with Crippen LogP contribution >= 0.6 is 151 Å². The van der Waals surface area contributed by atoms with Crippen molar-refractivity contribution in [1.82, 2.24) is 0 Å². The maximum Gasteiger partial charge on any atom is 0.216 e. The van der Waals surface area contributed by atoms with E-state index in [1.807, 2.05) is 0 Å². The number of alkyl halides is 13. The molecule has 0 nitrogen and oxygen atoms in total. The zero-order valence-corrected chi connectivity index (χ0v) is 21.1. The Hall–Kier alpha value is 2.99. The quantitative estimate of drug-likeness (QED) is 0.298. The Kier molecular flexibility index (Phi) is 8.60. The van der Waals surface area contributed by atoms with Crippen molar-refractivity contribution in [3.05, 3.63) is 35.9 Å². The second-order valence-corrected chi connectivity index (χ2v) is 13.9. The van der Waals surface area contributed by atoms with Crippen molar-refractivity contribution < 1.29 is 0 Å². The lowest BCUT2D eigenvalue weighted by Crippen LogP contribution is -2.68. The van der Waals surface area contributed by atoms with Gasteiger partial charge in [-0.3, -0.25) is 0 Å². The van der Waals surface area contributed by atoms with Gasteiger partial charge in [-0.2, -0.15) is 0 Å². The van der Waals surface area contributed by atoms with Gasteiger partial charge in [0.15, 0.2) is 17.9 Å². The number of hydrogen-bond acceptors (Lipinski definition) is 0. The normalized spacial score (nSPS) is 15.4. The van der Waals surface area contributed by atoms with Gasteiger partial charge in [-0.15, -0.1) is 11.6 Å². The molecule has 13 heteroatoms. The van der Waals surface area contributed by atoms with Crippen LogP contribution in [-0.2, 0) is 4.33 Å². The summed E-state index contributed by atoms with van der Waals surface area (Å²) in [5.41, 5.74) is 0.210. The molecule has 0 aromatic heterocycles. The molecule has 1 rings (SSSR count). The van der Waals surface area contributed by atoms with Crippen LogP contribution in [-0.4, -0.2) is 21.1 Å². The highest BCUT2D eigenvalue weighted by molar-refractivity contribution is 6.82. The van der Waals surface area contributed by atoms with Crippen molar-refractivity contribution in [3.63, 3.8) is 0 Å². The molecule has 25 heavy (non-hydrogen) atoms. The van der Waals surface area contributed by atoms with Crippen LogP contribution < -0.4 is 0 Å². The van der Waals surface area contributed by atoms with Crippen LogP contribution in [0.4, 0.5) is 0 Å². The van der Waals surface area contributed by atoms with Crippen LogP contribution in [0, 0.1) is 0 Å². The first-order chi connectivity index (χ1) is 10.9. The minimum Gasteiger partial charge on any atom is -0.106 e. The highest BCUT2D eigenvalue weighted by Gasteiger charge is 2.79. The van der Waals surface area contributed by atoms with E-state index >= 15 is 0 Å². The molecule has 1 aromatic carbocycles. The van der Waals surface area contributed by atoms with Crippen molar-refractivity contribution in [2.75, 3.05) is 0 Å². The van der Waals surface area contributed by atoms with Crippen LogP contribution in [0.3, 0.4) is 0 Å². The molecule has 0 fully saturated rings. The second-order valence-electron chi connectivity index (χ2n) is 4.74. The molecule has 0 unspecified atom stereocenters. The SMILES string of the molecule is ClC(Cl)(Cl)C(Cl)(C(Cl)(Cl)Cl)C(Cl)(Cl)C(Cl)(Cl)C(Cl)(Cl)c1ccccc1. The zero-order valence-electron chi connectivity index (χ0n) is 11.3. The predicted octanol–water partition coefficient (Wildman–Crippen LogP) is 9.38. The predicted molar refractivity (Wildman–Crippen MR) is 118 cm³/mol. The Morgan fingerprint density at radius 1 is 0.480 bits per heavy atom. The molecule has 0 spiro atoms. The third-order valence-corrected chi connectivity index (χ3v) is 10.5. The van der Waals surface area contributed by atoms with Gasteiger partial charge in [-0.25, -0.2) is 0 Å². The van der Waals surface area contributed by atoms with Crippen LogP contribution in [0.2, 0.25) is 0 Å². The van der Waals surface area contributed by atoms with Gasteiger partial charge < -0.3 is 0 Å². The molecule has 0 aliphatic rings. The topological polar surface area (TPSA) is 0 Å². The van der Waals surface area contributed by atoms with Crippen LogP contribution in [0.15, 0.2) is 30.3 Å². The van der Waals surface area contributed by atoms with E-state index in [1.54, 1.807) is 18.2 Å². The smallest absolute Gasteiger partial charge is 0.106 e. The van der Waals surface area contributed by atoms with E-state index in [0.717, 1.165) is 0 Å². The lowest BCUT2D eigenvalue weighted by atomic mass is 9.97. The van der Waals surface area contributed by atoms with Crippen LogP contribution in [0.5, 0.6) is 0 Å². The van der Waals surface area contributed by atoms with Crippen LogP contribution in [0.25, 0.3) is 0 Å². The molecule has 0 bridgehead atoms. The van der Waals surface area contributed by atoms with Gasteiger partial charge in [0.1, 0.15) is 0 Å². The Morgan fingerprint density at radius 3 is 1.16 bits per heavy atom. The van der Waals surface area contributed by atoms with Gasteiger partial charge in [0.05, 0.1) is 0 Å². The molecule has 0 aliphatic heterocycles. The Bertz CT molecular complexity index is 582. The van der Waals surface area contributed by atoms with Gasteiger partial charge in [-0.1, -0.05) is 170 Å². The molecular formula is C12H5Cl13. The Labute approximate surface area is 210 Å². The maximum atomic E-state index is 6.36. The van der Waals surface area contributed by atoms with E-state index in [9.17, 15) is 0 Å². The molecule has 144 valence electrons. The fraction of sp³-hybridized carbons (Fsp3) is 0.500. The zero-order chi connectivity index (χ0) is 20.1. The van der Waals surface area contributed by atoms with Gasteiger partial charge in [0.25, 0.3) is 0 Å². The summed E-state index contributed by atoms with van der Waals surface area (Å²) >= 11 is 79.7. The standard InChI is InChI=1S/C12H5Cl13/c13-7(14,6-4-2-1-3-5-6)9(16,17)10(18,19)8(15,11(20,21)22)12(23,24)25/h1-5H. The van der Waals surface area contributed by atoms with Gasteiger partial charge in [0, 0.05) is 0 Å². The maximum absolute atomic E-state index is 6.36. The van der Waals surface area contributed by atoms with E-state index in [2.05, 4.69) is 0 Å². The highest BCUT2D eigenvalue weighted by Crippen LogP contribution is 2.71. The fourth-order valence-electron chi connectivity index (χ4n) is 1.76. The molecule has 0 radical (unpaired) electrons. The molecule has 0 aliphatic carbocycles. The van der Waals surface area contributed by atoms with Gasteiger partial charge >= 0.3 is 0 Å². The summed E-state index contributed by atoms with van der Waals surface area (Å²) in [6.45, 7) is 0. The third kappa shape index (κ3) is 4.39. The minimum atomic E-state index is -2.71. The monoisotopic (exact) mass is 604 g/mol. The fourth-order valence-corrected chi connectivity index (χ4v) is 6.80. The first-order valence-electron chi connectivity index (χ1n) is 5.87. The number of benzene rings is 1. The van der Waals surface area contributed by atoms with Crippen LogP contribution in [0.1, 0.15) is 5.56 Å². The summed E-state index contributed by atoms with van der Waals surface area (Å²) < 4.78 is -12.5. The van der Waals surface area contributed by atoms with E-state index in [4.69, 9.17) is 151 Å². The lowest BCUT2D eigenvalue weighted by Gasteiger charge is -2.53. The summed E-state index contributed by atoms with van der Waals surface area (Å²) in [5.74, 6) is 0. The molecule has 1 aromatic rings. The molecule has 0 saturated carbocycles. The Morgan fingerprint density at radius 2 is 0.840 bits per heavy atom. The Balaban J connectivity index is 3.68. The first-order valence-corrected chi connectivity index (χ1v) is 10.8. The molecule has 0 atom stereocenters. The van der Waals surface area contributed by atoms with Gasteiger partial charge in [-0.05, 0) is 5.56 Å². The number of rotatable bonds is 4. The average molecular weight is 610 g/mol. The second kappa shape index (κ2) is 8.26. The molecule has 0 heterocycles. The van der Waals surface area contributed by atoms with E-state index in [0.29, 0.717) is 0 Å². The summed E-state index contributed by atoms with van der Waals surface area (Å²) in [6.07, 6.45) is 0. The lowest BCUT2D eigenvalue weighted by molar-refractivity contribution is 0.450. The average Bonchev–Trinajstić information content (AvgIpc) is 2.44. The highest BCUT2D eigenvalue weighted by atomic mass is 35.6. The summed E-state index contributed by atoms with van der Waals surface area (Å²) in [5, 5.41) is 0. The largest absolute Gasteiger partial charge is 0.216 e. The van der Waals surface area contributed by atoms with Crippen molar-refractivity contribution >= 4 is 151 Å². The van der Waals surface area contributed by atoms with Crippen molar-refractivity contribution in [1.29, 1.82) is 0 Å². The molecule has 0 saturated heterocycles. The van der Waals surface area contributed by atoms with Crippen molar-refractivity contribution in [2.24, 2.45) is 0 Å². The van der Waals surface area contributed by atoms with Crippen molar-refractivity contribution in [2.45, 2.75) is 25.5 Å². The van der Waals surface area contributed by atoms with Crippen molar-refractivity contribution in [3.8, 4) is 0 Å². The summed E-state index contributed by atoms with van der Waals surface area (Å²) in [6, 6.07) is 7.93. The summed E-state index contributed by atoms with van der Waals surface area (Å²) in [4.78, 5) is -2.70. The van der Waals surface area contributed by atoms with E-state index in [1.165, 1.54) is 12.1 Å². The number of halogens is 13. The molecule has 0 N–H and O–H groups in total. The molecular weight excluding hydrogens is 605 g/mol. The molecule has 0 amide bonds. The minimum absolute atomic E-state index is 0.210. The first kappa shape index (κ1) is 26.0. The number of hydrogen-bond donors (Lipinski definition) is 0. The summed E-state index contributed by atoms with van der Waals surface area (Å²) in [7, 11) is 0. The van der Waals surface area contributed by atoms with Gasteiger partial charge in [0.2, 0.25) is 7.59 Å². The third-order valence-electron chi connectivity index (χ3n) is 3.14. The van der Waals surface area contributed by atoms with E-state index in [-0.39, 0.29) is 5.56 Å².